The highest BCUT2D eigenvalue weighted by molar-refractivity contribution is 7.90. The van der Waals surface area contributed by atoms with E-state index in [0.29, 0.717) is 16.3 Å². The van der Waals surface area contributed by atoms with Gasteiger partial charge in [-0.3, -0.25) is 0 Å². The van der Waals surface area contributed by atoms with E-state index in [0.717, 1.165) is 0 Å². The fraction of sp³-hybridized carbons (Fsp3) is 0.455. The molecule has 0 radical (unpaired) electrons. The van der Waals surface area contributed by atoms with Crippen molar-refractivity contribution in [3.8, 4) is 0 Å². The smallest absolute Gasteiger partial charge is 0.154 e. The molecular weight excluding hydrogens is 246 g/mol. The van der Waals surface area contributed by atoms with Crippen molar-refractivity contribution in [1.29, 1.82) is 0 Å². The summed E-state index contributed by atoms with van der Waals surface area (Å²) in [5, 5.41) is 0.410. The fourth-order valence-corrected chi connectivity index (χ4v) is 3.68. The molecule has 1 aromatic carbocycles. The van der Waals surface area contributed by atoms with E-state index < -0.39 is 9.84 Å². The van der Waals surface area contributed by atoms with Crippen LogP contribution in [0.4, 0.5) is 5.69 Å². The highest BCUT2D eigenvalue weighted by Crippen LogP contribution is 2.22. The molecule has 0 aliphatic heterocycles. The van der Waals surface area contributed by atoms with Crippen LogP contribution in [-0.4, -0.2) is 14.2 Å². The molecule has 0 atom stereocenters. The quantitative estimate of drug-likeness (QED) is 0.847. The summed E-state index contributed by atoms with van der Waals surface area (Å²) in [4.78, 5) is 0. The van der Waals surface area contributed by atoms with Gasteiger partial charge in [-0.15, -0.1) is 0 Å². The highest BCUT2D eigenvalue weighted by atomic mass is 35.5. The van der Waals surface area contributed by atoms with Crippen molar-refractivity contribution in [1.82, 2.24) is 0 Å². The van der Waals surface area contributed by atoms with Crippen LogP contribution in [0.1, 0.15) is 19.4 Å². The van der Waals surface area contributed by atoms with Crippen molar-refractivity contribution in [2.24, 2.45) is 5.92 Å². The molecule has 3 nitrogen and oxygen atoms in total. The lowest BCUT2D eigenvalue weighted by Crippen LogP contribution is -2.14. The minimum absolute atomic E-state index is 0.0235. The molecule has 0 fully saturated rings. The SMILES string of the molecule is CC(C)CS(=O)(=O)Cc1ccc(N)cc1Cl. The second-order valence-corrected chi connectivity index (χ2v) is 6.82. The number of sulfone groups is 1. The van der Waals surface area contributed by atoms with Crippen molar-refractivity contribution in [3.63, 3.8) is 0 Å². The number of nitrogen functional groups attached to an aromatic ring is 1. The van der Waals surface area contributed by atoms with Crippen LogP contribution in [0.2, 0.25) is 5.02 Å². The number of halogens is 1. The predicted molar refractivity (Wildman–Crippen MR) is 68.2 cm³/mol. The average Bonchev–Trinajstić information content (AvgIpc) is 2.07. The molecule has 2 N–H and O–H groups in total. The third kappa shape index (κ3) is 4.02. The summed E-state index contributed by atoms with van der Waals surface area (Å²) >= 11 is 5.93. The van der Waals surface area contributed by atoms with Crippen LogP contribution in [0.15, 0.2) is 18.2 Å². The van der Waals surface area contributed by atoms with Gasteiger partial charge in [0.15, 0.2) is 9.84 Å². The summed E-state index contributed by atoms with van der Waals surface area (Å²) in [5.41, 5.74) is 6.68. The van der Waals surface area contributed by atoms with Gasteiger partial charge in [0.25, 0.3) is 0 Å². The number of nitrogens with two attached hydrogens (primary N) is 1. The van der Waals surface area contributed by atoms with Gasteiger partial charge in [-0.05, 0) is 23.6 Å². The Morgan fingerprint density at radius 3 is 2.50 bits per heavy atom. The van der Waals surface area contributed by atoms with Gasteiger partial charge in [-0.2, -0.15) is 0 Å². The first kappa shape index (κ1) is 13.3. The lowest BCUT2D eigenvalue weighted by molar-refractivity contribution is 0.581. The van der Waals surface area contributed by atoms with Crippen molar-refractivity contribution >= 4 is 27.1 Å². The van der Waals surface area contributed by atoms with Crippen LogP contribution < -0.4 is 5.73 Å². The Hall–Kier alpha value is -0.740. The number of benzene rings is 1. The van der Waals surface area contributed by atoms with Crippen LogP contribution >= 0.6 is 11.6 Å². The normalized spacial score (nSPS) is 12.0. The summed E-state index contributed by atoms with van der Waals surface area (Å²) in [7, 11) is -3.09. The minimum atomic E-state index is -3.09. The average molecular weight is 262 g/mol. The van der Waals surface area contributed by atoms with E-state index in [9.17, 15) is 8.42 Å². The number of rotatable bonds is 4. The highest BCUT2D eigenvalue weighted by Gasteiger charge is 2.15. The number of anilines is 1. The molecule has 0 saturated carbocycles. The van der Waals surface area contributed by atoms with Gasteiger partial charge >= 0.3 is 0 Å². The van der Waals surface area contributed by atoms with E-state index >= 15 is 0 Å². The first-order valence-corrected chi connectivity index (χ1v) is 7.24. The van der Waals surface area contributed by atoms with Crippen molar-refractivity contribution in [2.75, 3.05) is 11.5 Å². The van der Waals surface area contributed by atoms with Crippen molar-refractivity contribution in [2.45, 2.75) is 19.6 Å². The largest absolute Gasteiger partial charge is 0.399 e. The summed E-state index contributed by atoms with van der Waals surface area (Å²) in [6.07, 6.45) is 0. The Labute approximate surface area is 102 Å². The van der Waals surface area contributed by atoms with Gasteiger partial charge in [0.1, 0.15) is 0 Å². The number of hydrogen-bond acceptors (Lipinski definition) is 3. The molecule has 0 spiro atoms. The zero-order chi connectivity index (χ0) is 12.3. The Bertz CT molecular complexity index is 469. The van der Waals surface area contributed by atoms with Gasteiger partial charge in [0.05, 0.1) is 11.5 Å². The van der Waals surface area contributed by atoms with Gasteiger partial charge in [-0.25, -0.2) is 8.42 Å². The van der Waals surface area contributed by atoms with Gasteiger partial charge in [-0.1, -0.05) is 31.5 Å². The van der Waals surface area contributed by atoms with E-state index in [-0.39, 0.29) is 17.4 Å². The first-order chi connectivity index (χ1) is 7.30. The van der Waals surface area contributed by atoms with Crippen molar-refractivity contribution in [3.05, 3.63) is 28.8 Å². The molecule has 0 saturated heterocycles. The molecule has 0 unspecified atom stereocenters. The second-order valence-electron chi connectivity index (χ2n) is 4.30. The van der Waals surface area contributed by atoms with Crippen LogP contribution in [0.3, 0.4) is 0 Å². The fourth-order valence-electron chi connectivity index (χ4n) is 1.48. The maximum absolute atomic E-state index is 11.8. The minimum Gasteiger partial charge on any atom is -0.399 e. The zero-order valence-corrected chi connectivity index (χ0v) is 11.0. The Balaban J connectivity index is 2.88. The Morgan fingerprint density at radius 2 is 2.00 bits per heavy atom. The lowest BCUT2D eigenvalue weighted by Gasteiger charge is -2.08. The molecule has 16 heavy (non-hydrogen) atoms. The zero-order valence-electron chi connectivity index (χ0n) is 9.40. The van der Waals surface area contributed by atoms with Gasteiger partial charge in [0, 0.05) is 10.7 Å². The van der Waals surface area contributed by atoms with Crippen LogP contribution in [0.25, 0.3) is 0 Å². The topological polar surface area (TPSA) is 60.2 Å². The molecule has 0 amide bonds. The van der Waals surface area contributed by atoms with E-state index in [1.165, 1.54) is 0 Å². The molecule has 1 aromatic rings. The molecule has 1 rings (SSSR count). The lowest BCUT2D eigenvalue weighted by atomic mass is 10.2. The number of hydrogen-bond donors (Lipinski definition) is 1. The summed E-state index contributed by atoms with van der Waals surface area (Å²) in [6.45, 7) is 3.75. The van der Waals surface area contributed by atoms with Crippen molar-refractivity contribution < 1.29 is 8.42 Å². The standard InChI is InChI=1S/C11H16ClNO2S/c1-8(2)6-16(14,15)7-9-3-4-10(13)5-11(9)12/h3-5,8H,6-7,13H2,1-2H3. The predicted octanol–water partition coefficient (Wildman–Crippen LogP) is 2.49. The van der Waals surface area contributed by atoms with Crippen LogP contribution in [0.5, 0.6) is 0 Å². The van der Waals surface area contributed by atoms with Gasteiger partial charge in [0.2, 0.25) is 0 Å². The Morgan fingerprint density at radius 1 is 1.38 bits per heavy atom. The maximum Gasteiger partial charge on any atom is 0.154 e. The van der Waals surface area contributed by atoms with Crippen LogP contribution in [0, 0.1) is 5.92 Å². The van der Waals surface area contributed by atoms with E-state index in [4.69, 9.17) is 17.3 Å². The third-order valence-electron chi connectivity index (χ3n) is 2.04. The monoisotopic (exact) mass is 261 g/mol. The van der Waals surface area contributed by atoms with E-state index in [1.807, 2.05) is 13.8 Å². The molecule has 0 aliphatic rings. The Kier molecular flexibility index (Phi) is 4.21. The van der Waals surface area contributed by atoms with Crippen LogP contribution in [-0.2, 0) is 15.6 Å². The molecule has 0 heterocycles. The van der Waals surface area contributed by atoms with E-state index in [1.54, 1.807) is 18.2 Å². The summed E-state index contributed by atoms with van der Waals surface area (Å²) in [6, 6.07) is 4.89. The maximum atomic E-state index is 11.8. The molecule has 0 bridgehead atoms. The van der Waals surface area contributed by atoms with Gasteiger partial charge < -0.3 is 5.73 Å². The molecule has 5 heteroatoms. The molecule has 0 aromatic heterocycles. The summed E-state index contributed by atoms with van der Waals surface area (Å²) < 4.78 is 23.5. The summed E-state index contributed by atoms with van der Waals surface area (Å²) in [5.74, 6) is 0.274. The second kappa shape index (κ2) is 5.06. The third-order valence-corrected chi connectivity index (χ3v) is 4.32. The van der Waals surface area contributed by atoms with E-state index in [2.05, 4.69) is 0 Å². The molecule has 90 valence electrons. The molecular formula is C11H16ClNO2S. The first-order valence-electron chi connectivity index (χ1n) is 5.04. The molecule has 0 aliphatic carbocycles.